The number of benzene rings is 1. The lowest BCUT2D eigenvalue weighted by Crippen LogP contribution is -2.40. The summed E-state index contributed by atoms with van der Waals surface area (Å²) in [6.45, 7) is 4.64. The Balaban J connectivity index is 2.18. The van der Waals surface area contributed by atoms with Crippen molar-refractivity contribution in [2.75, 3.05) is 14.1 Å². The molecule has 1 aliphatic rings. The minimum atomic E-state index is 0.235. The van der Waals surface area contributed by atoms with Crippen molar-refractivity contribution in [2.24, 2.45) is 0 Å². The van der Waals surface area contributed by atoms with Crippen molar-refractivity contribution in [1.29, 1.82) is 0 Å². The number of fused-ring (bicyclic) bond motifs is 1. The predicted octanol–water partition coefficient (Wildman–Crippen LogP) is 3.84. The summed E-state index contributed by atoms with van der Waals surface area (Å²) >= 11 is 0. The van der Waals surface area contributed by atoms with Gasteiger partial charge in [0.25, 0.3) is 0 Å². The van der Waals surface area contributed by atoms with E-state index >= 15 is 0 Å². The van der Waals surface area contributed by atoms with E-state index in [1.54, 1.807) is 11.1 Å². The normalized spacial score (nSPS) is 16.5. The third-order valence-electron chi connectivity index (χ3n) is 4.51. The summed E-state index contributed by atoms with van der Waals surface area (Å²) in [6.07, 6.45) is 7.84. The van der Waals surface area contributed by atoms with Gasteiger partial charge in [0.05, 0.1) is 0 Å². The number of hydrogen-bond donors (Lipinski definition) is 0. The molecule has 1 aromatic rings. The summed E-state index contributed by atoms with van der Waals surface area (Å²) in [5, 5.41) is 0. The molecule has 1 heteroatoms. The molecule has 1 aromatic carbocycles. The Hall–Kier alpha value is -0.820. The van der Waals surface area contributed by atoms with Gasteiger partial charge in [0.2, 0.25) is 0 Å². The van der Waals surface area contributed by atoms with Crippen LogP contribution in [-0.4, -0.2) is 24.5 Å². The van der Waals surface area contributed by atoms with Crippen molar-refractivity contribution in [3.05, 3.63) is 34.9 Å². The third kappa shape index (κ3) is 3.14. The maximum Gasteiger partial charge on any atom is 0.0187 e. The first-order chi connectivity index (χ1) is 8.49. The van der Waals surface area contributed by atoms with Crippen molar-refractivity contribution < 1.29 is 0 Å². The molecule has 18 heavy (non-hydrogen) atoms. The van der Waals surface area contributed by atoms with Crippen molar-refractivity contribution in [2.45, 2.75) is 57.9 Å². The molecule has 0 saturated heterocycles. The van der Waals surface area contributed by atoms with Gasteiger partial charge in [-0.1, -0.05) is 24.6 Å². The molecule has 0 atom stereocenters. The molecule has 0 fully saturated rings. The molecule has 0 aliphatic heterocycles. The minimum absolute atomic E-state index is 0.235. The summed E-state index contributed by atoms with van der Waals surface area (Å²) in [5.74, 6) is 0. The van der Waals surface area contributed by atoms with Gasteiger partial charge < -0.3 is 4.90 Å². The zero-order chi connectivity index (χ0) is 13.2. The molecule has 0 heterocycles. The number of nitrogens with zero attached hydrogens (tertiary/aromatic N) is 1. The smallest absolute Gasteiger partial charge is 0.0187 e. The van der Waals surface area contributed by atoms with Gasteiger partial charge in [0.15, 0.2) is 0 Å². The molecule has 1 aliphatic carbocycles. The summed E-state index contributed by atoms with van der Waals surface area (Å²) in [4.78, 5) is 2.32. The summed E-state index contributed by atoms with van der Waals surface area (Å²) in [6, 6.07) is 7.18. The average Bonchev–Trinajstić information content (AvgIpc) is 2.52. The Labute approximate surface area is 112 Å². The van der Waals surface area contributed by atoms with Crippen LogP contribution in [0.25, 0.3) is 0 Å². The highest BCUT2D eigenvalue weighted by Gasteiger charge is 2.21. The van der Waals surface area contributed by atoms with Crippen LogP contribution in [0.15, 0.2) is 18.2 Å². The van der Waals surface area contributed by atoms with Crippen LogP contribution >= 0.6 is 0 Å². The van der Waals surface area contributed by atoms with Crippen LogP contribution in [-0.2, 0) is 19.3 Å². The molecule has 0 amide bonds. The molecule has 0 saturated carbocycles. The third-order valence-corrected chi connectivity index (χ3v) is 4.51. The fourth-order valence-electron chi connectivity index (χ4n) is 2.73. The minimum Gasteiger partial charge on any atom is -0.304 e. The van der Waals surface area contributed by atoms with Crippen LogP contribution in [0.2, 0.25) is 0 Å². The van der Waals surface area contributed by atoms with E-state index in [4.69, 9.17) is 0 Å². The first-order valence-electron chi connectivity index (χ1n) is 7.27. The standard InChI is InChI=1S/C17H27N/c1-17(2,18(3)4)13-14-10-11-15-8-6-5-7-9-16(15)12-14/h10-12H,5-9,13H2,1-4H3. The highest BCUT2D eigenvalue weighted by atomic mass is 15.1. The van der Waals surface area contributed by atoms with Gasteiger partial charge in [0.1, 0.15) is 0 Å². The van der Waals surface area contributed by atoms with Crippen LogP contribution in [0.5, 0.6) is 0 Å². The second-order valence-electron chi connectivity index (χ2n) is 6.55. The Morgan fingerprint density at radius 2 is 1.67 bits per heavy atom. The van der Waals surface area contributed by atoms with Crippen LogP contribution in [0.4, 0.5) is 0 Å². The van der Waals surface area contributed by atoms with Crippen LogP contribution in [0.1, 0.15) is 49.8 Å². The lowest BCUT2D eigenvalue weighted by atomic mass is 9.91. The summed E-state index contributed by atoms with van der Waals surface area (Å²) in [7, 11) is 4.34. The largest absolute Gasteiger partial charge is 0.304 e. The molecule has 2 rings (SSSR count). The van der Waals surface area contributed by atoms with Crippen LogP contribution in [0, 0.1) is 0 Å². The maximum absolute atomic E-state index is 2.46. The summed E-state index contributed by atoms with van der Waals surface area (Å²) in [5.41, 5.74) is 4.94. The fraction of sp³-hybridized carbons (Fsp3) is 0.647. The molecule has 0 bridgehead atoms. The number of likely N-dealkylation sites (N-methyl/N-ethyl adjacent to an activating group) is 1. The van der Waals surface area contributed by atoms with Crippen molar-refractivity contribution >= 4 is 0 Å². The molecule has 0 spiro atoms. The van der Waals surface area contributed by atoms with Gasteiger partial charge in [-0.25, -0.2) is 0 Å². The molecular weight excluding hydrogens is 218 g/mol. The average molecular weight is 245 g/mol. The molecule has 0 unspecified atom stereocenters. The molecule has 0 aromatic heterocycles. The van der Waals surface area contributed by atoms with E-state index in [2.05, 4.69) is 51.0 Å². The van der Waals surface area contributed by atoms with E-state index < -0.39 is 0 Å². The number of aryl methyl sites for hydroxylation is 2. The van der Waals surface area contributed by atoms with E-state index in [0.29, 0.717) is 0 Å². The van der Waals surface area contributed by atoms with Crippen LogP contribution < -0.4 is 0 Å². The first-order valence-corrected chi connectivity index (χ1v) is 7.27. The highest BCUT2D eigenvalue weighted by Crippen LogP contribution is 2.24. The Bertz CT molecular complexity index is 404. The van der Waals surface area contributed by atoms with Crippen molar-refractivity contribution in [3.63, 3.8) is 0 Å². The second-order valence-corrected chi connectivity index (χ2v) is 6.55. The maximum atomic E-state index is 2.46. The molecule has 1 nitrogen and oxygen atoms in total. The van der Waals surface area contributed by atoms with E-state index in [-0.39, 0.29) is 5.54 Å². The zero-order valence-corrected chi connectivity index (χ0v) is 12.4. The topological polar surface area (TPSA) is 3.24 Å². The molecular formula is C17H27N. The van der Waals surface area contributed by atoms with Crippen molar-refractivity contribution in [3.8, 4) is 0 Å². The van der Waals surface area contributed by atoms with Gasteiger partial charge in [-0.3, -0.25) is 0 Å². The Kier molecular flexibility index (Phi) is 4.11. The molecule has 0 N–H and O–H groups in total. The lowest BCUT2D eigenvalue weighted by Gasteiger charge is -2.33. The fourth-order valence-corrected chi connectivity index (χ4v) is 2.73. The van der Waals surface area contributed by atoms with Gasteiger partial charge >= 0.3 is 0 Å². The highest BCUT2D eigenvalue weighted by molar-refractivity contribution is 5.34. The number of hydrogen-bond acceptors (Lipinski definition) is 1. The van der Waals surface area contributed by atoms with Gasteiger partial charge in [-0.05, 0) is 76.7 Å². The Morgan fingerprint density at radius 1 is 1.00 bits per heavy atom. The predicted molar refractivity (Wildman–Crippen MR) is 79.2 cm³/mol. The first kappa shape index (κ1) is 13.6. The van der Waals surface area contributed by atoms with E-state index in [1.807, 2.05) is 0 Å². The quantitative estimate of drug-likeness (QED) is 0.731. The summed E-state index contributed by atoms with van der Waals surface area (Å²) < 4.78 is 0. The van der Waals surface area contributed by atoms with Gasteiger partial charge in [-0.15, -0.1) is 0 Å². The monoisotopic (exact) mass is 245 g/mol. The molecule has 0 radical (unpaired) electrons. The molecule has 100 valence electrons. The lowest BCUT2D eigenvalue weighted by molar-refractivity contribution is 0.195. The van der Waals surface area contributed by atoms with Gasteiger partial charge in [0, 0.05) is 5.54 Å². The van der Waals surface area contributed by atoms with Crippen molar-refractivity contribution in [1.82, 2.24) is 4.90 Å². The second kappa shape index (κ2) is 5.44. The van der Waals surface area contributed by atoms with E-state index in [0.717, 1.165) is 6.42 Å². The van der Waals surface area contributed by atoms with E-state index in [1.165, 1.54) is 37.7 Å². The zero-order valence-electron chi connectivity index (χ0n) is 12.4. The SMILES string of the molecule is CN(C)C(C)(C)Cc1ccc2c(c1)CCCCC2. The van der Waals surface area contributed by atoms with Gasteiger partial charge in [-0.2, -0.15) is 0 Å². The number of rotatable bonds is 3. The van der Waals surface area contributed by atoms with Crippen LogP contribution in [0.3, 0.4) is 0 Å². The Morgan fingerprint density at radius 3 is 2.33 bits per heavy atom. The van der Waals surface area contributed by atoms with E-state index in [9.17, 15) is 0 Å².